The van der Waals surface area contributed by atoms with Gasteiger partial charge in [-0.15, -0.1) is 0 Å². The molecule has 0 saturated heterocycles. The van der Waals surface area contributed by atoms with Crippen LogP contribution in [-0.2, 0) is 12.8 Å². The lowest BCUT2D eigenvalue weighted by molar-refractivity contribution is 0.0706. The maximum Gasteiger partial charge on any atom is 0.274 e. The normalized spacial score (nSPS) is 10.1. The van der Waals surface area contributed by atoms with Gasteiger partial charge in [-0.3, -0.25) is 10.0 Å². The van der Waals surface area contributed by atoms with Crippen molar-refractivity contribution >= 4 is 11.6 Å². The molecule has 4 heteroatoms. The highest BCUT2D eigenvalue weighted by atomic mass is 16.5. The summed E-state index contributed by atoms with van der Waals surface area (Å²) in [6.07, 6.45) is 1.87. The first-order chi connectivity index (χ1) is 9.72. The molecule has 0 aliphatic carbocycles. The zero-order valence-corrected chi connectivity index (χ0v) is 11.4. The van der Waals surface area contributed by atoms with Gasteiger partial charge in [-0.1, -0.05) is 24.3 Å². The third-order valence-corrected chi connectivity index (χ3v) is 3.26. The molecule has 2 aromatic rings. The molecule has 0 aliphatic heterocycles. The van der Waals surface area contributed by atoms with Gasteiger partial charge in [0.25, 0.3) is 5.91 Å². The first-order valence-electron chi connectivity index (χ1n) is 6.53. The van der Waals surface area contributed by atoms with Crippen molar-refractivity contribution in [2.24, 2.45) is 0 Å². The first-order valence-corrected chi connectivity index (χ1v) is 6.53. The summed E-state index contributed by atoms with van der Waals surface area (Å²) in [4.78, 5) is 11.2. The number of amides is 1. The molecule has 0 unspecified atom stereocenters. The fraction of sp³-hybridized carbons (Fsp3) is 0.188. The van der Waals surface area contributed by atoms with Crippen LogP contribution in [0.15, 0.2) is 48.5 Å². The highest BCUT2D eigenvalue weighted by Gasteiger charge is 2.03. The van der Waals surface area contributed by atoms with Gasteiger partial charge in [-0.2, -0.15) is 0 Å². The predicted molar refractivity (Wildman–Crippen MR) is 79.1 cm³/mol. The molecule has 0 bridgehead atoms. The number of carbonyl (C=O) groups is 1. The molecule has 0 fully saturated rings. The lowest BCUT2D eigenvalue weighted by Gasteiger charge is -2.05. The van der Waals surface area contributed by atoms with Crippen LogP contribution >= 0.6 is 0 Å². The van der Waals surface area contributed by atoms with E-state index in [2.05, 4.69) is 29.6 Å². The van der Waals surface area contributed by atoms with E-state index in [1.165, 1.54) is 5.56 Å². The molecule has 0 atom stereocenters. The van der Waals surface area contributed by atoms with E-state index in [4.69, 9.17) is 5.21 Å². The maximum atomic E-state index is 11.2. The van der Waals surface area contributed by atoms with E-state index in [1.807, 2.05) is 19.2 Å². The van der Waals surface area contributed by atoms with Gasteiger partial charge >= 0.3 is 0 Å². The minimum Gasteiger partial charge on any atom is -0.388 e. The van der Waals surface area contributed by atoms with E-state index in [0.29, 0.717) is 5.56 Å². The third kappa shape index (κ3) is 3.59. The number of hydrogen-bond acceptors (Lipinski definition) is 3. The number of anilines is 1. The standard InChI is InChI=1S/C16H18N2O2/c1-17-15-10-6-13(7-11-15)3-2-12-4-8-14(9-5-12)16(19)18-20/h4-11,17,20H,2-3H2,1H3,(H,18,19). The highest BCUT2D eigenvalue weighted by molar-refractivity contribution is 5.93. The van der Waals surface area contributed by atoms with Gasteiger partial charge < -0.3 is 5.32 Å². The van der Waals surface area contributed by atoms with Crippen LogP contribution in [0.1, 0.15) is 21.5 Å². The van der Waals surface area contributed by atoms with Crippen molar-refractivity contribution < 1.29 is 10.0 Å². The van der Waals surface area contributed by atoms with Gasteiger partial charge in [0, 0.05) is 18.3 Å². The average molecular weight is 270 g/mol. The molecule has 104 valence electrons. The topological polar surface area (TPSA) is 61.4 Å². The quantitative estimate of drug-likeness (QED) is 0.578. The van der Waals surface area contributed by atoms with Crippen LogP contribution in [0.2, 0.25) is 0 Å². The Kier molecular flexibility index (Phi) is 4.74. The molecule has 3 N–H and O–H groups in total. The molecule has 2 rings (SSSR count). The summed E-state index contributed by atoms with van der Waals surface area (Å²) in [7, 11) is 1.90. The van der Waals surface area contributed by atoms with E-state index in [0.717, 1.165) is 24.1 Å². The SMILES string of the molecule is CNc1ccc(CCc2ccc(C(=O)NO)cc2)cc1. The Morgan fingerprint density at radius 2 is 1.45 bits per heavy atom. The van der Waals surface area contributed by atoms with Crippen molar-refractivity contribution in [3.63, 3.8) is 0 Å². The van der Waals surface area contributed by atoms with E-state index >= 15 is 0 Å². The summed E-state index contributed by atoms with van der Waals surface area (Å²) in [6.45, 7) is 0. The highest BCUT2D eigenvalue weighted by Crippen LogP contribution is 2.12. The lowest BCUT2D eigenvalue weighted by atomic mass is 10.0. The van der Waals surface area contributed by atoms with E-state index in [1.54, 1.807) is 17.6 Å². The lowest BCUT2D eigenvalue weighted by Crippen LogP contribution is -2.18. The van der Waals surface area contributed by atoms with Crippen molar-refractivity contribution in [2.75, 3.05) is 12.4 Å². The Labute approximate surface area is 118 Å². The second kappa shape index (κ2) is 6.73. The molecule has 0 heterocycles. The molecular weight excluding hydrogens is 252 g/mol. The molecule has 0 radical (unpaired) electrons. The fourth-order valence-corrected chi connectivity index (χ4v) is 2.01. The van der Waals surface area contributed by atoms with Crippen molar-refractivity contribution in [1.82, 2.24) is 5.48 Å². The zero-order valence-electron chi connectivity index (χ0n) is 11.4. The number of hydroxylamine groups is 1. The molecule has 0 saturated carbocycles. The largest absolute Gasteiger partial charge is 0.388 e. The maximum absolute atomic E-state index is 11.2. The van der Waals surface area contributed by atoms with Crippen LogP contribution in [0.25, 0.3) is 0 Å². The van der Waals surface area contributed by atoms with Crippen LogP contribution in [0.5, 0.6) is 0 Å². The number of aryl methyl sites for hydroxylation is 2. The fourth-order valence-electron chi connectivity index (χ4n) is 2.01. The molecule has 2 aromatic carbocycles. The summed E-state index contributed by atoms with van der Waals surface area (Å²) in [5.41, 5.74) is 5.63. The molecule has 4 nitrogen and oxygen atoms in total. The van der Waals surface area contributed by atoms with Gasteiger partial charge in [0.15, 0.2) is 0 Å². The van der Waals surface area contributed by atoms with Gasteiger partial charge in [-0.25, -0.2) is 5.48 Å². The van der Waals surface area contributed by atoms with Gasteiger partial charge in [0.2, 0.25) is 0 Å². The van der Waals surface area contributed by atoms with Gasteiger partial charge in [0.05, 0.1) is 0 Å². The summed E-state index contributed by atoms with van der Waals surface area (Å²) in [6, 6.07) is 15.6. The average Bonchev–Trinajstić information content (AvgIpc) is 2.53. The molecule has 0 aliphatic rings. The summed E-state index contributed by atoms with van der Waals surface area (Å²) < 4.78 is 0. The molecule has 0 spiro atoms. The number of carbonyl (C=O) groups excluding carboxylic acids is 1. The number of rotatable bonds is 5. The van der Waals surface area contributed by atoms with Crippen molar-refractivity contribution in [1.29, 1.82) is 0 Å². The van der Waals surface area contributed by atoms with Crippen LogP contribution < -0.4 is 10.8 Å². The molecule has 20 heavy (non-hydrogen) atoms. The van der Waals surface area contributed by atoms with Crippen LogP contribution in [0.3, 0.4) is 0 Å². The summed E-state index contributed by atoms with van der Waals surface area (Å²) in [5, 5.41) is 11.6. The van der Waals surface area contributed by atoms with E-state index in [-0.39, 0.29) is 0 Å². The third-order valence-electron chi connectivity index (χ3n) is 3.26. The Hall–Kier alpha value is -2.33. The minimum atomic E-state index is -0.487. The minimum absolute atomic E-state index is 0.453. The van der Waals surface area contributed by atoms with Crippen LogP contribution in [0.4, 0.5) is 5.69 Å². The zero-order chi connectivity index (χ0) is 14.4. The molecule has 0 aromatic heterocycles. The van der Waals surface area contributed by atoms with Gasteiger partial charge in [0.1, 0.15) is 0 Å². The van der Waals surface area contributed by atoms with Crippen molar-refractivity contribution in [3.05, 3.63) is 65.2 Å². The predicted octanol–water partition coefficient (Wildman–Crippen LogP) is 2.63. The summed E-state index contributed by atoms with van der Waals surface area (Å²) >= 11 is 0. The first kappa shape index (κ1) is 14.1. The van der Waals surface area contributed by atoms with E-state index < -0.39 is 5.91 Å². The number of nitrogens with one attached hydrogen (secondary N) is 2. The van der Waals surface area contributed by atoms with Gasteiger partial charge in [-0.05, 0) is 48.2 Å². The second-order valence-electron chi connectivity index (χ2n) is 4.58. The Morgan fingerprint density at radius 3 is 1.90 bits per heavy atom. The molecular formula is C16H18N2O2. The number of benzene rings is 2. The summed E-state index contributed by atoms with van der Waals surface area (Å²) in [5.74, 6) is -0.487. The van der Waals surface area contributed by atoms with Crippen molar-refractivity contribution in [2.45, 2.75) is 12.8 Å². The second-order valence-corrected chi connectivity index (χ2v) is 4.58. The smallest absolute Gasteiger partial charge is 0.274 e. The van der Waals surface area contributed by atoms with Crippen LogP contribution in [-0.4, -0.2) is 18.2 Å². The Bertz CT molecular complexity index is 562. The Balaban J connectivity index is 1.94. The van der Waals surface area contributed by atoms with Crippen LogP contribution in [0, 0.1) is 0 Å². The monoisotopic (exact) mass is 270 g/mol. The number of hydrogen-bond donors (Lipinski definition) is 3. The Morgan fingerprint density at radius 1 is 0.950 bits per heavy atom. The van der Waals surface area contributed by atoms with E-state index in [9.17, 15) is 4.79 Å². The molecule has 1 amide bonds. The van der Waals surface area contributed by atoms with Crippen molar-refractivity contribution in [3.8, 4) is 0 Å².